The van der Waals surface area contributed by atoms with Gasteiger partial charge in [0.1, 0.15) is 11.9 Å². The van der Waals surface area contributed by atoms with Crippen molar-refractivity contribution in [1.82, 2.24) is 14.6 Å². The molecule has 94 valence electrons. The van der Waals surface area contributed by atoms with Crippen LogP contribution in [-0.2, 0) is 0 Å². The molecule has 0 bridgehead atoms. The maximum Gasteiger partial charge on any atom is 0.160 e. The van der Waals surface area contributed by atoms with Crippen LogP contribution in [0.25, 0.3) is 5.65 Å². The maximum atomic E-state index is 8.97. The molecule has 0 unspecified atom stereocenters. The van der Waals surface area contributed by atoms with Crippen molar-refractivity contribution in [2.24, 2.45) is 0 Å². The predicted molar refractivity (Wildman–Crippen MR) is 70.3 cm³/mol. The molecule has 0 saturated carbocycles. The Kier molecular flexibility index (Phi) is 3.93. The summed E-state index contributed by atoms with van der Waals surface area (Å²) in [6, 6.07) is 5.79. The van der Waals surface area contributed by atoms with Crippen LogP contribution in [-0.4, -0.2) is 14.6 Å². The lowest BCUT2D eigenvalue weighted by Gasteiger charge is -2.13. The predicted octanol–water partition coefficient (Wildman–Crippen LogP) is 3.28. The minimum atomic E-state index is 0.434. The topological polar surface area (TPSA) is 54.0 Å². The van der Waals surface area contributed by atoms with Crippen LogP contribution in [0.15, 0.2) is 18.3 Å². The van der Waals surface area contributed by atoms with Crippen LogP contribution >= 0.6 is 0 Å². The number of fused-ring (bicyclic) bond motifs is 1. The maximum absolute atomic E-state index is 8.97. The Labute approximate surface area is 107 Å². The SMILES string of the molecule is CCCC(CCC)c1nnc2ccc(C#N)cn12. The van der Waals surface area contributed by atoms with Gasteiger partial charge in [-0.25, -0.2) is 0 Å². The number of hydrogen-bond donors (Lipinski definition) is 0. The molecule has 0 radical (unpaired) electrons. The number of hydrogen-bond acceptors (Lipinski definition) is 3. The van der Waals surface area contributed by atoms with Gasteiger partial charge in [-0.15, -0.1) is 10.2 Å². The van der Waals surface area contributed by atoms with Gasteiger partial charge in [-0.1, -0.05) is 26.7 Å². The summed E-state index contributed by atoms with van der Waals surface area (Å²) in [5.41, 5.74) is 1.47. The Morgan fingerprint density at radius 1 is 1.22 bits per heavy atom. The lowest BCUT2D eigenvalue weighted by atomic mass is 9.97. The molecule has 0 fully saturated rings. The first-order chi connectivity index (χ1) is 8.80. The summed E-state index contributed by atoms with van der Waals surface area (Å²) < 4.78 is 1.97. The Morgan fingerprint density at radius 3 is 2.56 bits per heavy atom. The van der Waals surface area contributed by atoms with Crippen molar-refractivity contribution < 1.29 is 0 Å². The van der Waals surface area contributed by atoms with Gasteiger partial charge in [-0.2, -0.15) is 5.26 Å². The molecule has 0 spiro atoms. The number of nitrogens with zero attached hydrogens (tertiary/aromatic N) is 4. The molecule has 0 aliphatic heterocycles. The minimum absolute atomic E-state index is 0.434. The van der Waals surface area contributed by atoms with Crippen molar-refractivity contribution in [1.29, 1.82) is 5.26 Å². The largest absolute Gasteiger partial charge is 0.285 e. The van der Waals surface area contributed by atoms with E-state index >= 15 is 0 Å². The third-order valence-electron chi connectivity index (χ3n) is 3.20. The highest BCUT2D eigenvalue weighted by Crippen LogP contribution is 2.25. The molecular weight excluding hydrogens is 224 g/mol. The standard InChI is InChI=1S/C14H18N4/c1-3-5-12(6-4-2)14-17-16-13-8-7-11(9-15)10-18(13)14/h7-8,10,12H,3-6H2,1-2H3. The van der Waals surface area contributed by atoms with E-state index in [9.17, 15) is 0 Å². The molecule has 2 aromatic rings. The lowest BCUT2D eigenvalue weighted by Crippen LogP contribution is -2.04. The second-order valence-electron chi connectivity index (χ2n) is 4.59. The fraction of sp³-hybridized carbons (Fsp3) is 0.500. The molecule has 0 aliphatic rings. The summed E-state index contributed by atoms with van der Waals surface area (Å²) in [5, 5.41) is 17.5. The van der Waals surface area contributed by atoms with Crippen LogP contribution in [0.3, 0.4) is 0 Å². The van der Waals surface area contributed by atoms with Gasteiger partial charge in [0.2, 0.25) is 0 Å². The van der Waals surface area contributed by atoms with E-state index in [4.69, 9.17) is 5.26 Å². The van der Waals surface area contributed by atoms with Crippen molar-refractivity contribution in [2.45, 2.75) is 45.4 Å². The van der Waals surface area contributed by atoms with E-state index in [2.05, 4.69) is 30.1 Å². The normalized spacial score (nSPS) is 11.0. The average Bonchev–Trinajstić information content (AvgIpc) is 2.81. The van der Waals surface area contributed by atoms with Gasteiger partial charge in [0.05, 0.1) is 5.56 Å². The van der Waals surface area contributed by atoms with Crippen LogP contribution in [0, 0.1) is 11.3 Å². The molecule has 2 rings (SSSR count). The zero-order valence-electron chi connectivity index (χ0n) is 10.9. The Balaban J connectivity index is 2.45. The zero-order chi connectivity index (χ0) is 13.0. The molecule has 0 atom stereocenters. The van der Waals surface area contributed by atoms with E-state index in [1.807, 2.05) is 16.7 Å². The second kappa shape index (κ2) is 5.63. The van der Waals surface area contributed by atoms with Crippen LogP contribution in [0.5, 0.6) is 0 Å². The summed E-state index contributed by atoms with van der Waals surface area (Å²) in [5.74, 6) is 1.43. The molecule has 0 aliphatic carbocycles. The highest BCUT2D eigenvalue weighted by molar-refractivity contribution is 5.43. The van der Waals surface area contributed by atoms with Crippen LogP contribution < -0.4 is 0 Å². The van der Waals surface area contributed by atoms with E-state index in [0.717, 1.165) is 37.2 Å². The van der Waals surface area contributed by atoms with Gasteiger partial charge in [-0.3, -0.25) is 4.40 Å². The monoisotopic (exact) mass is 242 g/mol. The molecule has 4 nitrogen and oxygen atoms in total. The minimum Gasteiger partial charge on any atom is -0.285 e. The molecule has 4 heteroatoms. The molecule has 2 heterocycles. The average molecular weight is 242 g/mol. The highest BCUT2D eigenvalue weighted by atomic mass is 15.2. The van der Waals surface area contributed by atoms with E-state index in [1.54, 1.807) is 6.07 Å². The number of aromatic nitrogens is 3. The first-order valence-electron chi connectivity index (χ1n) is 6.54. The van der Waals surface area contributed by atoms with Gasteiger partial charge >= 0.3 is 0 Å². The van der Waals surface area contributed by atoms with E-state index in [1.165, 1.54) is 0 Å². The van der Waals surface area contributed by atoms with Crippen molar-refractivity contribution in [3.63, 3.8) is 0 Å². The highest BCUT2D eigenvalue weighted by Gasteiger charge is 2.16. The molecule has 18 heavy (non-hydrogen) atoms. The van der Waals surface area contributed by atoms with Crippen molar-refractivity contribution >= 4 is 5.65 Å². The zero-order valence-corrected chi connectivity index (χ0v) is 10.9. The van der Waals surface area contributed by atoms with Crippen LogP contribution in [0.1, 0.15) is 56.8 Å². The lowest BCUT2D eigenvalue weighted by molar-refractivity contribution is 0.529. The second-order valence-corrected chi connectivity index (χ2v) is 4.59. The van der Waals surface area contributed by atoms with E-state index in [0.29, 0.717) is 11.5 Å². The van der Waals surface area contributed by atoms with Crippen LogP contribution in [0.2, 0.25) is 0 Å². The summed E-state index contributed by atoms with van der Waals surface area (Å²) in [4.78, 5) is 0. The van der Waals surface area contributed by atoms with Crippen molar-refractivity contribution in [2.75, 3.05) is 0 Å². The summed E-state index contributed by atoms with van der Waals surface area (Å²) in [7, 11) is 0. The third kappa shape index (κ3) is 2.35. The van der Waals surface area contributed by atoms with Gasteiger partial charge in [0.15, 0.2) is 5.65 Å². The van der Waals surface area contributed by atoms with E-state index < -0.39 is 0 Å². The Bertz CT molecular complexity index is 559. The molecule has 2 aromatic heterocycles. The number of pyridine rings is 1. The first-order valence-corrected chi connectivity index (χ1v) is 6.54. The molecule has 0 aromatic carbocycles. The fourth-order valence-electron chi connectivity index (χ4n) is 2.35. The Hall–Kier alpha value is -1.89. The van der Waals surface area contributed by atoms with Gasteiger partial charge in [-0.05, 0) is 25.0 Å². The summed E-state index contributed by atoms with van der Waals surface area (Å²) in [6.07, 6.45) is 6.34. The molecule has 0 amide bonds. The summed E-state index contributed by atoms with van der Waals surface area (Å²) >= 11 is 0. The number of rotatable bonds is 5. The quantitative estimate of drug-likeness (QED) is 0.808. The first kappa shape index (κ1) is 12.6. The van der Waals surface area contributed by atoms with E-state index in [-0.39, 0.29) is 0 Å². The molecular formula is C14H18N4. The molecule has 0 N–H and O–H groups in total. The van der Waals surface area contributed by atoms with Gasteiger partial charge < -0.3 is 0 Å². The van der Waals surface area contributed by atoms with Crippen molar-refractivity contribution in [3.8, 4) is 6.07 Å². The van der Waals surface area contributed by atoms with Gasteiger partial charge in [0, 0.05) is 12.1 Å². The Morgan fingerprint density at radius 2 is 1.94 bits per heavy atom. The third-order valence-corrected chi connectivity index (χ3v) is 3.20. The molecule has 0 saturated heterocycles. The smallest absolute Gasteiger partial charge is 0.160 e. The van der Waals surface area contributed by atoms with Crippen LogP contribution in [0.4, 0.5) is 0 Å². The fourth-order valence-corrected chi connectivity index (χ4v) is 2.35. The van der Waals surface area contributed by atoms with Crippen molar-refractivity contribution in [3.05, 3.63) is 29.7 Å². The van der Waals surface area contributed by atoms with Gasteiger partial charge in [0.25, 0.3) is 0 Å². The summed E-state index contributed by atoms with van der Waals surface area (Å²) in [6.45, 7) is 4.37. The number of nitriles is 1.